The fourth-order valence-corrected chi connectivity index (χ4v) is 2.91. The van der Waals surface area contributed by atoms with E-state index in [1.54, 1.807) is 36.7 Å². The van der Waals surface area contributed by atoms with E-state index in [9.17, 15) is 14.0 Å². The van der Waals surface area contributed by atoms with Crippen LogP contribution in [0.25, 0.3) is 11.1 Å². The zero-order valence-corrected chi connectivity index (χ0v) is 15.9. The summed E-state index contributed by atoms with van der Waals surface area (Å²) in [4.78, 5) is 28.2. The molecule has 3 rings (SSSR count). The van der Waals surface area contributed by atoms with Crippen molar-refractivity contribution in [2.24, 2.45) is 5.73 Å². The second-order valence-electron chi connectivity index (χ2n) is 6.61. The van der Waals surface area contributed by atoms with Gasteiger partial charge in [0, 0.05) is 19.3 Å². The molecule has 0 unspecified atom stereocenters. The number of carbonyl (C=O) groups excluding carboxylic acids is 2. The minimum absolute atomic E-state index is 0.184. The second-order valence-corrected chi connectivity index (χ2v) is 6.61. The Labute approximate surface area is 168 Å². The number of nitrogens with two attached hydrogens (primary N) is 1. The molecule has 1 atom stereocenters. The lowest BCUT2D eigenvalue weighted by atomic mass is 10.0. The number of halogens is 1. The highest BCUT2D eigenvalue weighted by molar-refractivity contribution is 6.01. The largest absolute Gasteiger partial charge is 0.325 e. The Hall–Kier alpha value is -3.58. The molecular weight excluding hydrogens is 371 g/mol. The predicted octanol–water partition coefficient (Wildman–Crippen LogP) is 3.35. The number of carbonyl (C=O) groups is 2. The van der Waals surface area contributed by atoms with Gasteiger partial charge in [-0.15, -0.1) is 0 Å². The normalized spacial score (nSPS) is 11.6. The fraction of sp³-hybridized carbons (Fsp3) is 0.136. The van der Waals surface area contributed by atoms with Crippen LogP contribution in [0.4, 0.5) is 15.8 Å². The fourth-order valence-electron chi connectivity index (χ4n) is 2.91. The minimum atomic E-state index is -0.883. The summed E-state index contributed by atoms with van der Waals surface area (Å²) in [6.45, 7) is 1.39. The molecule has 0 saturated carbocycles. The van der Waals surface area contributed by atoms with Gasteiger partial charge >= 0.3 is 0 Å². The Morgan fingerprint density at radius 3 is 2.45 bits per heavy atom. The molecule has 7 heteroatoms. The van der Waals surface area contributed by atoms with Crippen LogP contribution in [0, 0.1) is 5.82 Å². The van der Waals surface area contributed by atoms with Crippen LogP contribution in [0.1, 0.15) is 12.5 Å². The highest BCUT2D eigenvalue weighted by atomic mass is 19.1. The van der Waals surface area contributed by atoms with Crippen molar-refractivity contribution in [3.63, 3.8) is 0 Å². The first-order chi connectivity index (χ1) is 13.9. The summed E-state index contributed by atoms with van der Waals surface area (Å²) in [5.41, 5.74) is 9.28. The molecule has 0 saturated heterocycles. The van der Waals surface area contributed by atoms with Gasteiger partial charge in [-0.2, -0.15) is 0 Å². The highest BCUT2D eigenvalue weighted by Crippen LogP contribution is 2.29. The maximum absolute atomic E-state index is 13.4. The molecule has 0 bridgehead atoms. The van der Waals surface area contributed by atoms with E-state index in [4.69, 9.17) is 5.73 Å². The average molecular weight is 392 g/mol. The maximum Gasteiger partial charge on any atom is 0.241 e. The van der Waals surface area contributed by atoms with Gasteiger partial charge in [-0.1, -0.05) is 18.2 Å². The first-order valence-corrected chi connectivity index (χ1v) is 9.05. The molecule has 1 heterocycles. The third-order valence-corrected chi connectivity index (χ3v) is 4.28. The molecule has 29 heavy (non-hydrogen) atoms. The van der Waals surface area contributed by atoms with Gasteiger partial charge < -0.3 is 16.4 Å². The zero-order chi connectivity index (χ0) is 20.8. The number of amides is 2. The van der Waals surface area contributed by atoms with Crippen LogP contribution in [0.2, 0.25) is 0 Å². The highest BCUT2D eigenvalue weighted by Gasteiger charge is 2.17. The first-order valence-electron chi connectivity index (χ1n) is 9.05. The van der Waals surface area contributed by atoms with Crippen LogP contribution in [-0.4, -0.2) is 22.8 Å². The van der Waals surface area contributed by atoms with Crippen molar-refractivity contribution >= 4 is 23.2 Å². The predicted molar refractivity (Wildman–Crippen MR) is 111 cm³/mol. The van der Waals surface area contributed by atoms with Gasteiger partial charge in [0.2, 0.25) is 11.8 Å². The number of nitrogens with one attached hydrogen (secondary N) is 2. The second kappa shape index (κ2) is 9.07. The molecule has 2 aromatic carbocycles. The Bertz CT molecular complexity index is 1020. The Morgan fingerprint density at radius 2 is 1.76 bits per heavy atom. The van der Waals surface area contributed by atoms with Crippen LogP contribution < -0.4 is 16.4 Å². The van der Waals surface area contributed by atoms with Gasteiger partial charge in [0.15, 0.2) is 0 Å². The monoisotopic (exact) mass is 392 g/mol. The van der Waals surface area contributed by atoms with Crippen molar-refractivity contribution in [1.29, 1.82) is 0 Å². The van der Waals surface area contributed by atoms with Crippen molar-refractivity contribution in [3.8, 4) is 11.1 Å². The molecule has 0 spiro atoms. The summed E-state index contributed by atoms with van der Waals surface area (Å²) in [5, 5.41) is 5.47. The van der Waals surface area contributed by atoms with Crippen LogP contribution in [0.5, 0.6) is 0 Å². The molecule has 3 aromatic rings. The Balaban J connectivity index is 1.83. The standard InChI is InChI=1S/C22H21FN4O2/c1-14(28)26-20-6-5-17(16-7-9-25-10-8-16)13-21(20)27-22(29)19(24)12-15-3-2-4-18(23)11-15/h2-11,13,19H,12,24H2,1H3,(H,26,28)(H,27,29)/t19-/m1/s1. The number of anilines is 2. The lowest BCUT2D eigenvalue weighted by molar-refractivity contribution is -0.117. The van der Waals surface area contributed by atoms with Crippen LogP contribution in [0.3, 0.4) is 0 Å². The molecule has 6 nitrogen and oxygen atoms in total. The van der Waals surface area contributed by atoms with Crippen molar-refractivity contribution in [2.45, 2.75) is 19.4 Å². The Morgan fingerprint density at radius 1 is 1.00 bits per heavy atom. The van der Waals surface area contributed by atoms with E-state index in [1.807, 2.05) is 18.2 Å². The molecule has 0 aliphatic rings. The molecule has 4 N–H and O–H groups in total. The SMILES string of the molecule is CC(=O)Nc1ccc(-c2ccncc2)cc1NC(=O)[C@H](N)Cc1cccc(F)c1. The van der Waals surface area contributed by atoms with Crippen LogP contribution in [0.15, 0.2) is 67.0 Å². The first kappa shape index (κ1) is 20.2. The third-order valence-electron chi connectivity index (χ3n) is 4.28. The Kier molecular flexibility index (Phi) is 6.31. The van der Waals surface area contributed by atoms with Gasteiger partial charge in [0.1, 0.15) is 5.82 Å². The van der Waals surface area contributed by atoms with Crippen molar-refractivity contribution < 1.29 is 14.0 Å². The van der Waals surface area contributed by atoms with E-state index >= 15 is 0 Å². The van der Waals surface area contributed by atoms with E-state index in [2.05, 4.69) is 15.6 Å². The number of hydrogen-bond acceptors (Lipinski definition) is 4. The third kappa shape index (κ3) is 5.46. The molecule has 0 radical (unpaired) electrons. The van der Waals surface area contributed by atoms with Crippen LogP contribution in [-0.2, 0) is 16.0 Å². The van der Waals surface area contributed by atoms with Crippen molar-refractivity contribution in [3.05, 3.63) is 78.4 Å². The number of nitrogens with zero attached hydrogens (tertiary/aromatic N) is 1. The van der Waals surface area contributed by atoms with Crippen molar-refractivity contribution in [2.75, 3.05) is 10.6 Å². The molecule has 148 valence electrons. The van der Waals surface area contributed by atoms with Gasteiger partial charge in [-0.3, -0.25) is 14.6 Å². The topological polar surface area (TPSA) is 97.1 Å². The number of hydrogen-bond donors (Lipinski definition) is 3. The summed E-state index contributed by atoms with van der Waals surface area (Å²) >= 11 is 0. The van der Waals surface area contributed by atoms with E-state index < -0.39 is 11.9 Å². The van der Waals surface area contributed by atoms with Gasteiger partial charge in [0.05, 0.1) is 17.4 Å². The molecule has 0 aliphatic carbocycles. The summed E-state index contributed by atoms with van der Waals surface area (Å²) in [6.07, 6.45) is 3.53. The van der Waals surface area contributed by atoms with E-state index in [-0.39, 0.29) is 18.1 Å². The van der Waals surface area contributed by atoms with Gasteiger partial charge in [-0.05, 0) is 59.5 Å². The molecular formula is C22H21FN4O2. The summed E-state index contributed by atoms with van der Waals surface area (Å²) in [7, 11) is 0. The zero-order valence-electron chi connectivity index (χ0n) is 15.9. The number of rotatable bonds is 6. The van der Waals surface area contributed by atoms with Gasteiger partial charge in [-0.25, -0.2) is 4.39 Å². The molecule has 0 aliphatic heterocycles. The van der Waals surface area contributed by atoms with Crippen LogP contribution >= 0.6 is 0 Å². The maximum atomic E-state index is 13.4. The summed E-state index contributed by atoms with van der Waals surface area (Å²) < 4.78 is 13.4. The van der Waals surface area contributed by atoms with E-state index in [0.717, 1.165) is 11.1 Å². The molecule has 0 fully saturated rings. The minimum Gasteiger partial charge on any atom is -0.325 e. The molecule has 1 aromatic heterocycles. The van der Waals surface area contributed by atoms with Gasteiger partial charge in [0.25, 0.3) is 0 Å². The lowest BCUT2D eigenvalue weighted by Gasteiger charge is -2.16. The van der Waals surface area contributed by atoms with Crippen molar-refractivity contribution in [1.82, 2.24) is 4.98 Å². The molecule has 2 amide bonds. The quantitative estimate of drug-likeness (QED) is 0.599. The smallest absolute Gasteiger partial charge is 0.241 e. The number of benzene rings is 2. The average Bonchev–Trinajstić information content (AvgIpc) is 2.69. The lowest BCUT2D eigenvalue weighted by Crippen LogP contribution is -2.37. The summed E-state index contributed by atoms with van der Waals surface area (Å²) in [6, 6.07) is 14.1. The number of pyridine rings is 1. The van der Waals surface area contributed by atoms with E-state index in [0.29, 0.717) is 16.9 Å². The number of aromatic nitrogens is 1. The van der Waals surface area contributed by atoms with E-state index in [1.165, 1.54) is 19.1 Å². The summed E-state index contributed by atoms with van der Waals surface area (Å²) in [5.74, 6) is -1.08.